The van der Waals surface area contributed by atoms with Crippen LogP contribution >= 0.6 is 0 Å². The molecule has 0 unspecified atom stereocenters. The van der Waals surface area contributed by atoms with Crippen molar-refractivity contribution in [2.75, 3.05) is 0 Å². The van der Waals surface area contributed by atoms with E-state index in [1.54, 1.807) is 24.3 Å². The molecule has 0 aliphatic carbocycles. The normalized spacial score (nSPS) is 13.3. The molecule has 4 heteroatoms. The van der Waals surface area contributed by atoms with Gasteiger partial charge in [-0.25, -0.2) is 0 Å². The SMILES string of the molecule is C/C=C\C=c1/[nH]c(=O)/c(=C/c2ccccc2)[nH]c1=O. The molecule has 0 saturated carbocycles. The van der Waals surface area contributed by atoms with Crippen molar-refractivity contribution in [3.63, 3.8) is 0 Å². The van der Waals surface area contributed by atoms with E-state index in [2.05, 4.69) is 9.97 Å². The summed E-state index contributed by atoms with van der Waals surface area (Å²) >= 11 is 0. The molecule has 96 valence electrons. The third-order valence-electron chi connectivity index (χ3n) is 2.55. The zero-order valence-corrected chi connectivity index (χ0v) is 10.5. The van der Waals surface area contributed by atoms with Crippen LogP contribution in [0.3, 0.4) is 0 Å². The number of nitrogens with one attached hydrogen (secondary N) is 2. The Labute approximate surface area is 109 Å². The number of aromatic nitrogens is 2. The van der Waals surface area contributed by atoms with Gasteiger partial charge in [-0.3, -0.25) is 9.59 Å². The molecule has 0 saturated heterocycles. The molecule has 4 nitrogen and oxygen atoms in total. The number of aromatic amines is 2. The van der Waals surface area contributed by atoms with Crippen LogP contribution in [-0.2, 0) is 0 Å². The fourth-order valence-corrected chi connectivity index (χ4v) is 1.62. The summed E-state index contributed by atoms with van der Waals surface area (Å²) in [5.74, 6) is 0. The van der Waals surface area contributed by atoms with E-state index in [4.69, 9.17) is 0 Å². The van der Waals surface area contributed by atoms with Gasteiger partial charge in [0.1, 0.15) is 10.7 Å². The van der Waals surface area contributed by atoms with Crippen molar-refractivity contribution in [1.29, 1.82) is 0 Å². The Balaban J connectivity index is 2.63. The van der Waals surface area contributed by atoms with Gasteiger partial charge in [-0.1, -0.05) is 42.5 Å². The Morgan fingerprint density at radius 2 is 1.58 bits per heavy atom. The highest BCUT2D eigenvalue weighted by molar-refractivity contribution is 5.47. The van der Waals surface area contributed by atoms with Gasteiger partial charge in [0.2, 0.25) is 0 Å². The molecule has 19 heavy (non-hydrogen) atoms. The minimum Gasteiger partial charge on any atom is -0.316 e. The van der Waals surface area contributed by atoms with Gasteiger partial charge in [0.05, 0.1) is 0 Å². The van der Waals surface area contributed by atoms with E-state index in [0.29, 0.717) is 0 Å². The quantitative estimate of drug-likeness (QED) is 0.806. The third-order valence-corrected chi connectivity index (χ3v) is 2.55. The fourth-order valence-electron chi connectivity index (χ4n) is 1.62. The Hall–Kier alpha value is -2.62. The first kappa shape index (κ1) is 12.8. The average molecular weight is 254 g/mol. The molecule has 0 spiro atoms. The number of rotatable bonds is 2. The lowest BCUT2D eigenvalue weighted by Crippen LogP contribution is -2.46. The lowest BCUT2D eigenvalue weighted by atomic mass is 10.2. The summed E-state index contributed by atoms with van der Waals surface area (Å²) in [6.45, 7) is 1.83. The average Bonchev–Trinajstić information content (AvgIpc) is 2.42. The number of hydrogen-bond acceptors (Lipinski definition) is 2. The predicted octanol–water partition coefficient (Wildman–Crippen LogP) is 0.249. The summed E-state index contributed by atoms with van der Waals surface area (Å²) in [4.78, 5) is 28.8. The molecule has 1 aromatic heterocycles. The Morgan fingerprint density at radius 3 is 2.26 bits per heavy atom. The summed E-state index contributed by atoms with van der Waals surface area (Å²) in [5, 5.41) is 0.488. The monoisotopic (exact) mass is 254 g/mol. The first-order valence-corrected chi connectivity index (χ1v) is 5.93. The minimum absolute atomic E-state index is 0.244. The highest BCUT2D eigenvalue weighted by atomic mass is 16.1. The van der Waals surface area contributed by atoms with Crippen molar-refractivity contribution in [2.24, 2.45) is 0 Å². The van der Waals surface area contributed by atoms with Crippen molar-refractivity contribution in [2.45, 2.75) is 6.92 Å². The smallest absolute Gasteiger partial charge is 0.272 e. The number of benzene rings is 1. The fraction of sp³-hybridized carbons (Fsp3) is 0.0667. The Kier molecular flexibility index (Phi) is 3.93. The maximum atomic E-state index is 11.9. The van der Waals surface area contributed by atoms with Crippen LogP contribution < -0.4 is 21.8 Å². The van der Waals surface area contributed by atoms with Crippen molar-refractivity contribution in [3.8, 4) is 0 Å². The van der Waals surface area contributed by atoms with Gasteiger partial charge in [0, 0.05) is 0 Å². The topological polar surface area (TPSA) is 65.7 Å². The van der Waals surface area contributed by atoms with Gasteiger partial charge in [-0.2, -0.15) is 0 Å². The van der Waals surface area contributed by atoms with Crippen molar-refractivity contribution in [3.05, 3.63) is 79.5 Å². The van der Waals surface area contributed by atoms with Gasteiger partial charge in [-0.05, 0) is 24.6 Å². The predicted molar refractivity (Wildman–Crippen MR) is 76.2 cm³/mol. The van der Waals surface area contributed by atoms with Gasteiger partial charge in [0.15, 0.2) is 0 Å². The summed E-state index contributed by atoms with van der Waals surface area (Å²) in [6.07, 6.45) is 6.68. The van der Waals surface area contributed by atoms with Crippen molar-refractivity contribution < 1.29 is 0 Å². The Morgan fingerprint density at radius 1 is 0.947 bits per heavy atom. The molecule has 2 N–H and O–H groups in total. The number of allylic oxidation sites excluding steroid dienone is 2. The molecule has 1 heterocycles. The number of H-pyrrole nitrogens is 2. The maximum Gasteiger partial charge on any atom is 0.272 e. The van der Waals surface area contributed by atoms with E-state index in [9.17, 15) is 9.59 Å². The molecule has 1 aromatic carbocycles. The zero-order valence-electron chi connectivity index (χ0n) is 10.5. The molecule has 2 aromatic rings. The molecular formula is C15H14N2O2. The van der Waals surface area contributed by atoms with Crippen molar-refractivity contribution in [1.82, 2.24) is 9.97 Å². The molecule has 0 radical (unpaired) electrons. The van der Waals surface area contributed by atoms with Gasteiger partial charge < -0.3 is 9.97 Å². The lowest BCUT2D eigenvalue weighted by Gasteiger charge is -1.92. The standard InChI is InChI=1S/C15H14N2O2/c1-2-3-9-12-14(18)17-13(15(19)16-12)10-11-7-5-4-6-8-11/h2-10H,1H3,(H,16,19)(H,17,18)/b3-2-,12-9-,13-10-. The second-order valence-electron chi connectivity index (χ2n) is 3.98. The number of hydrogen-bond donors (Lipinski definition) is 2. The summed E-state index contributed by atoms with van der Waals surface area (Å²) < 4.78 is 0. The van der Waals surface area contributed by atoms with Crippen LogP contribution in [0.15, 0.2) is 52.1 Å². The first-order valence-electron chi connectivity index (χ1n) is 5.93. The van der Waals surface area contributed by atoms with Crippen molar-refractivity contribution >= 4 is 12.2 Å². The van der Waals surface area contributed by atoms with E-state index in [1.165, 1.54) is 0 Å². The molecule has 0 atom stereocenters. The molecule has 0 aliphatic heterocycles. The van der Waals surface area contributed by atoms with Gasteiger partial charge in [-0.15, -0.1) is 0 Å². The molecule has 0 aliphatic rings. The van der Waals surface area contributed by atoms with E-state index < -0.39 is 0 Å². The van der Waals surface area contributed by atoms with E-state index in [-0.39, 0.29) is 21.8 Å². The van der Waals surface area contributed by atoms with Crippen LogP contribution in [0.4, 0.5) is 0 Å². The highest BCUT2D eigenvalue weighted by Crippen LogP contribution is 1.96. The lowest BCUT2D eigenvalue weighted by molar-refractivity contribution is 1.00. The second-order valence-corrected chi connectivity index (χ2v) is 3.98. The van der Waals surface area contributed by atoms with Crippen LogP contribution in [0.25, 0.3) is 12.2 Å². The van der Waals surface area contributed by atoms with Gasteiger partial charge >= 0.3 is 0 Å². The van der Waals surface area contributed by atoms with Gasteiger partial charge in [0.25, 0.3) is 11.1 Å². The van der Waals surface area contributed by atoms with Crippen LogP contribution in [0.5, 0.6) is 0 Å². The second kappa shape index (κ2) is 5.82. The molecule has 0 amide bonds. The minimum atomic E-state index is -0.320. The highest BCUT2D eigenvalue weighted by Gasteiger charge is 1.94. The first-order chi connectivity index (χ1) is 9.20. The van der Waals surface area contributed by atoms with E-state index in [0.717, 1.165) is 5.56 Å². The largest absolute Gasteiger partial charge is 0.316 e. The van der Waals surface area contributed by atoms with Crippen LogP contribution in [0.1, 0.15) is 12.5 Å². The zero-order chi connectivity index (χ0) is 13.7. The van der Waals surface area contributed by atoms with Crippen LogP contribution in [-0.4, -0.2) is 9.97 Å². The molecule has 2 rings (SSSR count). The summed E-state index contributed by atoms with van der Waals surface area (Å²) in [5.41, 5.74) is 0.216. The van der Waals surface area contributed by atoms with Crippen LogP contribution in [0, 0.1) is 0 Å². The summed E-state index contributed by atoms with van der Waals surface area (Å²) in [6, 6.07) is 9.34. The van der Waals surface area contributed by atoms with Crippen LogP contribution in [0.2, 0.25) is 0 Å². The summed E-state index contributed by atoms with van der Waals surface area (Å²) in [7, 11) is 0. The molecule has 0 bridgehead atoms. The van der Waals surface area contributed by atoms with E-state index in [1.807, 2.05) is 37.3 Å². The molecular weight excluding hydrogens is 240 g/mol. The Bertz CT molecular complexity index is 812. The molecule has 0 fully saturated rings. The third kappa shape index (κ3) is 3.19. The van der Waals surface area contributed by atoms with E-state index >= 15 is 0 Å². The maximum absolute atomic E-state index is 11.9.